The van der Waals surface area contributed by atoms with Gasteiger partial charge in [0, 0.05) is 30.6 Å². The van der Waals surface area contributed by atoms with E-state index in [0.29, 0.717) is 6.54 Å². The minimum absolute atomic E-state index is 0.150. The van der Waals surface area contributed by atoms with Gasteiger partial charge in [0.05, 0.1) is 0 Å². The van der Waals surface area contributed by atoms with Gasteiger partial charge in [0.15, 0.2) is 0 Å². The summed E-state index contributed by atoms with van der Waals surface area (Å²) >= 11 is 0. The molecular formula is C14H14N2O3. The van der Waals surface area contributed by atoms with Crippen molar-refractivity contribution in [3.63, 3.8) is 0 Å². The molecule has 3 N–H and O–H groups in total. The molecule has 0 saturated heterocycles. The van der Waals surface area contributed by atoms with E-state index in [2.05, 4.69) is 10.3 Å². The number of rotatable bonds is 3. The van der Waals surface area contributed by atoms with Gasteiger partial charge in [-0.3, -0.25) is 9.78 Å². The monoisotopic (exact) mass is 258 g/mol. The molecule has 2 aromatic rings. The summed E-state index contributed by atoms with van der Waals surface area (Å²) in [6.07, 6.45) is 3.38. The van der Waals surface area contributed by atoms with Crippen molar-refractivity contribution < 1.29 is 15.0 Å². The van der Waals surface area contributed by atoms with Crippen molar-refractivity contribution >= 4 is 5.91 Å². The van der Waals surface area contributed by atoms with Gasteiger partial charge >= 0.3 is 0 Å². The molecule has 1 amide bonds. The highest BCUT2D eigenvalue weighted by Gasteiger charge is 2.08. The van der Waals surface area contributed by atoms with E-state index in [1.165, 1.54) is 18.2 Å². The summed E-state index contributed by atoms with van der Waals surface area (Å²) in [6.45, 7) is 2.28. The number of pyridine rings is 1. The Bertz CT molecular complexity index is 591. The summed E-state index contributed by atoms with van der Waals surface area (Å²) in [5.41, 5.74) is 2.16. The molecule has 1 aromatic heterocycles. The van der Waals surface area contributed by atoms with Crippen LogP contribution in [0.1, 0.15) is 21.5 Å². The van der Waals surface area contributed by atoms with E-state index in [0.717, 1.165) is 11.1 Å². The molecule has 0 fully saturated rings. The van der Waals surface area contributed by atoms with Crippen LogP contribution in [0.2, 0.25) is 0 Å². The third-order valence-electron chi connectivity index (χ3n) is 2.75. The fourth-order valence-corrected chi connectivity index (χ4v) is 1.69. The van der Waals surface area contributed by atoms with Gasteiger partial charge in [-0.15, -0.1) is 0 Å². The fraction of sp³-hybridized carbons (Fsp3) is 0.143. The van der Waals surface area contributed by atoms with Crippen molar-refractivity contribution in [2.45, 2.75) is 13.5 Å². The van der Waals surface area contributed by atoms with Crippen molar-refractivity contribution in [1.82, 2.24) is 10.3 Å². The maximum atomic E-state index is 11.9. The number of aryl methyl sites for hydroxylation is 1. The number of hydrogen-bond acceptors (Lipinski definition) is 4. The lowest BCUT2D eigenvalue weighted by Gasteiger charge is -2.08. The number of carbonyl (C=O) groups excluding carboxylic acids is 1. The van der Waals surface area contributed by atoms with Crippen LogP contribution in [0.5, 0.6) is 11.5 Å². The second kappa shape index (κ2) is 5.39. The molecule has 0 aliphatic rings. The Labute approximate surface area is 110 Å². The minimum Gasteiger partial charge on any atom is -0.508 e. The molecule has 19 heavy (non-hydrogen) atoms. The number of aromatic hydroxyl groups is 2. The van der Waals surface area contributed by atoms with Crippen LogP contribution in [0.25, 0.3) is 0 Å². The molecule has 0 bridgehead atoms. The Morgan fingerprint density at radius 1 is 1.26 bits per heavy atom. The fourth-order valence-electron chi connectivity index (χ4n) is 1.69. The average molecular weight is 258 g/mol. The predicted octanol–water partition coefficient (Wildman–Crippen LogP) is 1.73. The number of aromatic nitrogens is 1. The van der Waals surface area contributed by atoms with Gasteiger partial charge < -0.3 is 15.5 Å². The molecule has 0 aliphatic heterocycles. The summed E-state index contributed by atoms with van der Waals surface area (Å²) in [6, 6.07) is 5.63. The molecule has 98 valence electrons. The zero-order valence-electron chi connectivity index (χ0n) is 10.4. The SMILES string of the molecule is Cc1ccncc1CNC(=O)c1cc(O)cc(O)c1. The molecule has 5 heteroatoms. The molecule has 0 unspecified atom stereocenters. The topological polar surface area (TPSA) is 82.5 Å². The molecule has 1 aromatic carbocycles. The maximum Gasteiger partial charge on any atom is 0.251 e. The third-order valence-corrected chi connectivity index (χ3v) is 2.75. The highest BCUT2D eigenvalue weighted by molar-refractivity contribution is 5.95. The van der Waals surface area contributed by atoms with Crippen LogP contribution in [0.4, 0.5) is 0 Å². The standard InChI is InChI=1S/C14H14N2O3/c1-9-2-3-15-7-11(9)8-16-14(19)10-4-12(17)6-13(18)5-10/h2-7,17-18H,8H2,1H3,(H,16,19). The van der Waals surface area contributed by atoms with Crippen LogP contribution in [-0.2, 0) is 6.54 Å². The van der Waals surface area contributed by atoms with Gasteiger partial charge in [0.2, 0.25) is 0 Å². The predicted molar refractivity (Wildman–Crippen MR) is 69.9 cm³/mol. The van der Waals surface area contributed by atoms with Crippen molar-refractivity contribution in [3.05, 3.63) is 53.3 Å². The third kappa shape index (κ3) is 3.22. The van der Waals surface area contributed by atoms with Crippen LogP contribution < -0.4 is 5.32 Å². The Hall–Kier alpha value is -2.56. The van der Waals surface area contributed by atoms with E-state index in [1.807, 2.05) is 13.0 Å². The lowest BCUT2D eigenvalue weighted by Crippen LogP contribution is -2.23. The Kier molecular flexibility index (Phi) is 3.66. The van der Waals surface area contributed by atoms with E-state index in [9.17, 15) is 15.0 Å². The number of phenols is 2. The van der Waals surface area contributed by atoms with Gasteiger partial charge in [-0.25, -0.2) is 0 Å². The molecule has 0 radical (unpaired) electrons. The van der Waals surface area contributed by atoms with Crippen LogP contribution in [0.15, 0.2) is 36.7 Å². The number of benzene rings is 1. The normalized spacial score (nSPS) is 10.2. The van der Waals surface area contributed by atoms with Crippen molar-refractivity contribution in [3.8, 4) is 11.5 Å². The quantitative estimate of drug-likeness (QED) is 0.783. The van der Waals surface area contributed by atoms with E-state index in [1.54, 1.807) is 12.4 Å². The number of nitrogens with zero attached hydrogens (tertiary/aromatic N) is 1. The van der Waals surface area contributed by atoms with Crippen molar-refractivity contribution in [2.75, 3.05) is 0 Å². The first-order chi connectivity index (χ1) is 9.06. The van der Waals surface area contributed by atoms with Gasteiger partial charge in [-0.2, -0.15) is 0 Å². The van der Waals surface area contributed by atoms with Crippen LogP contribution in [0, 0.1) is 6.92 Å². The Morgan fingerprint density at radius 3 is 2.58 bits per heavy atom. The first-order valence-corrected chi connectivity index (χ1v) is 5.77. The molecule has 0 aliphatic carbocycles. The summed E-state index contributed by atoms with van der Waals surface area (Å²) < 4.78 is 0. The van der Waals surface area contributed by atoms with Crippen LogP contribution in [-0.4, -0.2) is 21.1 Å². The summed E-state index contributed by atoms with van der Waals surface area (Å²) in [4.78, 5) is 15.9. The Morgan fingerprint density at radius 2 is 1.95 bits per heavy atom. The average Bonchev–Trinajstić information content (AvgIpc) is 2.36. The maximum absolute atomic E-state index is 11.9. The number of nitrogens with one attached hydrogen (secondary N) is 1. The van der Waals surface area contributed by atoms with Gasteiger partial charge in [0.25, 0.3) is 5.91 Å². The first kappa shape index (κ1) is 12.9. The molecule has 5 nitrogen and oxygen atoms in total. The lowest BCUT2D eigenvalue weighted by atomic mass is 10.1. The zero-order chi connectivity index (χ0) is 13.8. The Balaban J connectivity index is 2.08. The van der Waals surface area contributed by atoms with E-state index < -0.39 is 0 Å². The molecule has 2 rings (SSSR count). The van der Waals surface area contributed by atoms with Crippen molar-refractivity contribution in [2.24, 2.45) is 0 Å². The van der Waals surface area contributed by atoms with Gasteiger partial charge in [-0.1, -0.05) is 0 Å². The zero-order valence-corrected chi connectivity index (χ0v) is 10.4. The van der Waals surface area contributed by atoms with Crippen LogP contribution >= 0.6 is 0 Å². The van der Waals surface area contributed by atoms with E-state index in [4.69, 9.17) is 0 Å². The molecular weight excluding hydrogens is 244 g/mol. The largest absolute Gasteiger partial charge is 0.508 e. The molecule has 0 atom stereocenters. The summed E-state index contributed by atoms with van der Waals surface area (Å²) in [7, 11) is 0. The number of hydrogen-bond donors (Lipinski definition) is 3. The second-order valence-corrected chi connectivity index (χ2v) is 4.22. The lowest BCUT2D eigenvalue weighted by molar-refractivity contribution is 0.0950. The number of amides is 1. The minimum atomic E-state index is -0.366. The summed E-state index contributed by atoms with van der Waals surface area (Å²) in [5.74, 6) is -0.667. The molecule has 0 saturated carbocycles. The van der Waals surface area contributed by atoms with Gasteiger partial charge in [-0.05, 0) is 36.2 Å². The van der Waals surface area contributed by atoms with E-state index in [-0.39, 0.29) is 23.0 Å². The molecule has 0 spiro atoms. The highest BCUT2D eigenvalue weighted by atomic mass is 16.3. The first-order valence-electron chi connectivity index (χ1n) is 5.77. The van der Waals surface area contributed by atoms with Crippen molar-refractivity contribution in [1.29, 1.82) is 0 Å². The highest BCUT2D eigenvalue weighted by Crippen LogP contribution is 2.20. The van der Waals surface area contributed by atoms with E-state index >= 15 is 0 Å². The summed E-state index contributed by atoms with van der Waals surface area (Å²) in [5, 5.41) is 21.4. The van der Waals surface area contributed by atoms with Crippen LogP contribution in [0.3, 0.4) is 0 Å². The number of carbonyl (C=O) groups is 1. The molecule has 1 heterocycles. The smallest absolute Gasteiger partial charge is 0.251 e. The number of phenolic OH excluding ortho intramolecular Hbond substituents is 2. The second-order valence-electron chi connectivity index (χ2n) is 4.22. The van der Waals surface area contributed by atoms with Gasteiger partial charge in [0.1, 0.15) is 11.5 Å².